The summed E-state index contributed by atoms with van der Waals surface area (Å²) in [5, 5.41) is 5.13. The Morgan fingerprint density at radius 2 is 1.79 bits per heavy atom. The zero-order valence-electron chi connectivity index (χ0n) is 18.8. The highest BCUT2D eigenvalue weighted by Gasteiger charge is 2.52. The van der Waals surface area contributed by atoms with Crippen molar-refractivity contribution in [3.05, 3.63) is 90.4 Å². The molecule has 0 saturated heterocycles. The Morgan fingerprint density at radius 1 is 1.00 bits per heavy atom. The summed E-state index contributed by atoms with van der Waals surface area (Å²) < 4.78 is 27.7. The average Bonchev–Trinajstić information content (AvgIpc) is 3.51. The first-order chi connectivity index (χ1) is 16.3. The number of hydrogen-bond donors (Lipinski definition) is 2. The topological polar surface area (TPSA) is 101 Å². The van der Waals surface area contributed by atoms with Crippen LogP contribution in [0.3, 0.4) is 0 Å². The Labute approximate surface area is 198 Å². The second-order valence-electron chi connectivity index (χ2n) is 8.68. The summed E-state index contributed by atoms with van der Waals surface area (Å²) in [5.41, 5.74) is 2.76. The van der Waals surface area contributed by atoms with E-state index < -0.39 is 10.0 Å². The molecule has 7 nitrogen and oxygen atoms in total. The van der Waals surface area contributed by atoms with Gasteiger partial charge in [0.2, 0.25) is 5.91 Å². The molecule has 3 atom stereocenters. The minimum Gasteiger partial charge on any atom is -0.326 e. The van der Waals surface area contributed by atoms with Crippen LogP contribution in [0.15, 0.2) is 84.1 Å². The lowest BCUT2D eigenvalue weighted by Gasteiger charge is -2.09. The number of fused-ring (bicyclic) bond motifs is 1. The molecule has 8 heteroatoms. The number of aryl methyl sites for hydroxylation is 1. The van der Waals surface area contributed by atoms with Crippen molar-refractivity contribution in [3.63, 3.8) is 0 Å². The molecule has 1 aliphatic rings. The Balaban J connectivity index is 1.28. The Bertz CT molecular complexity index is 1470. The second kappa shape index (κ2) is 8.53. The Hall–Kier alpha value is -3.78. The van der Waals surface area contributed by atoms with Crippen molar-refractivity contribution >= 4 is 38.2 Å². The third-order valence-electron chi connectivity index (χ3n) is 6.39. The molecule has 2 aromatic heterocycles. The van der Waals surface area contributed by atoms with Crippen LogP contribution in [0.25, 0.3) is 10.8 Å². The number of amides is 1. The van der Waals surface area contributed by atoms with Crippen LogP contribution >= 0.6 is 0 Å². The van der Waals surface area contributed by atoms with E-state index in [0.717, 1.165) is 27.6 Å². The van der Waals surface area contributed by atoms with E-state index >= 15 is 0 Å². The molecule has 0 bridgehead atoms. The van der Waals surface area contributed by atoms with Crippen LogP contribution in [0, 0.1) is 18.8 Å². The monoisotopic (exact) mass is 472 g/mol. The van der Waals surface area contributed by atoms with Gasteiger partial charge in [0.15, 0.2) is 0 Å². The van der Waals surface area contributed by atoms with E-state index in [1.54, 1.807) is 42.5 Å². The Kier molecular flexibility index (Phi) is 5.53. The van der Waals surface area contributed by atoms with Crippen molar-refractivity contribution in [1.29, 1.82) is 0 Å². The molecule has 4 aromatic rings. The summed E-state index contributed by atoms with van der Waals surface area (Å²) in [4.78, 5) is 21.3. The number of sulfonamides is 1. The molecular weight excluding hydrogens is 448 g/mol. The predicted molar refractivity (Wildman–Crippen MR) is 132 cm³/mol. The number of pyridine rings is 2. The fourth-order valence-electron chi connectivity index (χ4n) is 4.48. The zero-order chi connectivity index (χ0) is 23.9. The Morgan fingerprint density at radius 3 is 2.53 bits per heavy atom. The molecule has 2 N–H and O–H groups in total. The minimum absolute atomic E-state index is 0.0305. The second-order valence-corrected chi connectivity index (χ2v) is 10.4. The van der Waals surface area contributed by atoms with Gasteiger partial charge in [-0.25, -0.2) is 13.4 Å². The molecule has 172 valence electrons. The molecule has 1 amide bonds. The van der Waals surface area contributed by atoms with Crippen LogP contribution in [0.5, 0.6) is 0 Å². The van der Waals surface area contributed by atoms with E-state index in [1.165, 1.54) is 6.20 Å². The van der Waals surface area contributed by atoms with Crippen LogP contribution in [0.4, 0.5) is 11.5 Å². The largest absolute Gasteiger partial charge is 0.326 e. The molecule has 0 spiro atoms. The number of nitrogens with one attached hydrogen (secondary N) is 2. The molecule has 1 aliphatic carbocycles. The van der Waals surface area contributed by atoms with Crippen molar-refractivity contribution in [1.82, 2.24) is 9.97 Å². The number of benzene rings is 2. The highest BCUT2D eigenvalue weighted by molar-refractivity contribution is 7.92. The number of hydrogen-bond acceptors (Lipinski definition) is 5. The fourth-order valence-corrected chi connectivity index (χ4v) is 5.49. The highest BCUT2D eigenvalue weighted by atomic mass is 32.2. The van der Waals surface area contributed by atoms with Crippen molar-refractivity contribution in [3.8, 4) is 0 Å². The summed E-state index contributed by atoms with van der Waals surface area (Å²) in [7, 11) is -3.74. The molecule has 34 heavy (non-hydrogen) atoms. The number of aromatic nitrogens is 2. The van der Waals surface area contributed by atoms with E-state index in [9.17, 15) is 13.2 Å². The van der Waals surface area contributed by atoms with Gasteiger partial charge >= 0.3 is 0 Å². The maximum atomic E-state index is 13.0. The molecule has 1 saturated carbocycles. The van der Waals surface area contributed by atoms with E-state index in [0.29, 0.717) is 0 Å². The summed E-state index contributed by atoms with van der Waals surface area (Å²) in [6, 6.07) is 17.5. The van der Waals surface area contributed by atoms with Gasteiger partial charge in [0.25, 0.3) is 10.0 Å². The molecule has 0 aliphatic heterocycles. The highest BCUT2D eigenvalue weighted by Crippen LogP contribution is 2.54. The third-order valence-corrected chi connectivity index (χ3v) is 7.76. The number of carbonyl (C=O) groups is 1. The molecule has 5 rings (SSSR count). The molecule has 2 heterocycles. The normalized spacial score (nSPS) is 19.5. The number of nitrogens with zero attached hydrogens (tertiary/aromatic N) is 2. The first kappa shape index (κ1) is 22.0. The van der Waals surface area contributed by atoms with Crippen LogP contribution < -0.4 is 10.0 Å². The lowest BCUT2D eigenvalue weighted by Crippen LogP contribution is -2.15. The molecular formula is C26H24N4O3S. The van der Waals surface area contributed by atoms with Gasteiger partial charge in [-0.05, 0) is 71.7 Å². The molecule has 1 unspecified atom stereocenters. The zero-order valence-corrected chi connectivity index (χ0v) is 19.6. The van der Waals surface area contributed by atoms with Crippen LogP contribution in [0.2, 0.25) is 0 Å². The van der Waals surface area contributed by atoms with E-state index in [1.807, 2.05) is 44.4 Å². The van der Waals surface area contributed by atoms with E-state index in [-0.39, 0.29) is 34.4 Å². The number of carbonyl (C=O) groups excluding carboxylic acids is 1. The summed E-state index contributed by atoms with van der Waals surface area (Å²) >= 11 is 0. The van der Waals surface area contributed by atoms with Crippen molar-refractivity contribution in [2.75, 3.05) is 10.0 Å². The lowest BCUT2D eigenvalue weighted by molar-refractivity contribution is -0.117. The van der Waals surface area contributed by atoms with Gasteiger partial charge in [-0.3, -0.25) is 14.5 Å². The van der Waals surface area contributed by atoms with Gasteiger partial charge in [-0.15, -0.1) is 0 Å². The molecule has 1 fully saturated rings. The fraction of sp³-hybridized carbons (Fsp3) is 0.192. The third kappa shape index (κ3) is 4.24. The summed E-state index contributed by atoms with van der Waals surface area (Å²) in [5.74, 6) is 0.284. The minimum atomic E-state index is -3.74. The summed E-state index contributed by atoms with van der Waals surface area (Å²) in [6.07, 6.45) is 5.14. The van der Waals surface area contributed by atoms with Gasteiger partial charge in [0, 0.05) is 35.6 Å². The van der Waals surface area contributed by atoms with Crippen molar-refractivity contribution in [2.24, 2.45) is 11.8 Å². The number of anilines is 2. The lowest BCUT2D eigenvalue weighted by atomic mass is 10.1. The van der Waals surface area contributed by atoms with Crippen LogP contribution in [-0.4, -0.2) is 24.3 Å². The average molecular weight is 473 g/mol. The smallest absolute Gasteiger partial charge is 0.263 e. The molecule has 0 radical (unpaired) electrons. The van der Waals surface area contributed by atoms with Gasteiger partial charge in [-0.2, -0.15) is 0 Å². The maximum Gasteiger partial charge on any atom is 0.263 e. The van der Waals surface area contributed by atoms with Crippen LogP contribution in [-0.2, 0) is 14.8 Å². The maximum absolute atomic E-state index is 13.0. The first-order valence-electron chi connectivity index (χ1n) is 11.0. The standard InChI is InChI=1S/C26H24N4O3S/c1-16-14-27-15-19-6-9-20(13-22(16)19)29-26(31)25-17(2)24(25)18-7-10-21(11-8-18)34(32,33)30-23-5-3-4-12-28-23/h3-15,17,24-25H,1-2H3,(H,28,30)(H,29,31)/t17?,24-,25+/m0/s1. The summed E-state index contributed by atoms with van der Waals surface area (Å²) in [6.45, 7) is 4.04. The van der Waals surface area contributed by atoms with Gasteiger partial charge < -0.3 is 5.32 Å². The van der Waals surface area contributed by atoms with E-state index in [2.05, 4.69) is 20.0 Å². The SMILES string of the molecule is Cc1cncc2ccc(NC(=O)[C@@H]3C(C)[C@H]3c3ccc(S(=O)(=O)Nc4ccccn4)cc3)cc12. The van der Waals surface area contributed by atoms with Gasteiger partial charge in [0.1, 0.15) is 5.82 Å². The molecule has 2 aromatic carbocycles. The van der Waals surface area contributed by atoms with E-state index in [4.69, 9.17) is 0 Å². The van der Waals surface area contributed by atoms with Crippen molar-refractivity contribution in [2.45, 2.75) is 24.7 Å². The number of rotatable bonds is 6. The first-order valence-corrected chi connectivity index (χ1v) is 12.5. The van der Waals surface area contributed by atoms with Gasteiger partial charge in [0.05, 0.1) is 4.90 Å². The van der Waals surface area contributed by atoms with Crippen LogP contribution in [0.1, 0.15) is 24.0 Å². The van der Waals surface area contributed by atoms with Gasteiger partial charge in [-0.1, -0.05) is 31.2 Å². The predicted octanol–water partition coefficient (Wildman–Crippen LogP) is 4.73. The van der Waals surface area contributed by atoms with Crippen molar-refractivity contribution < 1.29 is 13.2 Å². The quantitative estimate of drug-likeness (QED) is 0.423.